The van der Waals surface area contributed by atoms with Crippen molar-refractivity contribution in [2.45, 2.75) is 39.2 Å². The van der Waals surface area contributed by atoms with Crippen LogP contribution in [0.15, 0.2) is 0 Å². The first kappa shape index (κ1) is 16.2. The number of alkyl carbamates (subject to hydrolysis) is 1. The average Bonchev–Trinajstić information content (AvgIpc) is 2.28. The molecule has 0 heterocycles. The standard InChI is InChI=1S/C12H25NO4/c1-5-10(6-8-16-9-7-14)12(2,3)17-11(15)13-4/h10,14H,5-9H2,1-4H3,(H,13,15). The maximum absolute atomic E-state index is 11.2. The Bertz CT molecular complexity index is 219. The molecule has 102 valence electrons. The number of amides is 1. The van der Waals surface area contributed by atoms with Gasteiger partial charge in [-0.25, -0.2) is 4.79 Å². The number of nitrogens with one attached hydrogen (secondary N) is 1. The predicted molar refractivity (Wildman–Crippen MR) is 65.9 cm³/mol. The van der Waals surface area contributed by atoms with E-state index in [0.29, 0.717) is 13.2 Å². The predicted octanol–water partition coefficient (Wildman–Crippen LogP) is 1.55. The summed E-state index contributed by atoms with van der Waals surface area (Å²) in [5.41, 5.74) is -0.516. The monoisotopic (exact) mass is 247 g/mol. The Morgan fingerprint density at radius 2 is 2.06 bits per heavy atom. The molecule has 1 amide bonds. The van der Waals surface area contributed by atoms with Crippen LogP contribution in [0.25, 0.3) is 0 Å². The molecule has 17 heavy (non-hydrogen) atoms. The van der Waals surface area contributed by atoms with Crippen molar-refractivity contribution in [3.63, 3.8) is 0 Å². The van der Waals surface area contributed by atoms with Gasteiger partial charge in [-0.05, 0) is 26.7 Å². The van der Waals surface area contributed by atoms with Gasteiger partial charge in [0, 0.05) is 19.6 Å². The molecule has 0 saturated heterocycles. The number of aliphatic hydroxyl groups is 1. The minimum absolute atomic E-state index is 0.0366. The highest BCUT2D eigenvalue weighted by atomic mass is 16.6. The van der Waals surface area contributed by atoms with E-state index in [0.717, 1.165) is 12.8 Å². The summed E-state index contributed by atoms with van der Waals surface area (Å²) in [7, 11) is 1.55. The summed E-state index contributed by atoms with van der Waals surface area (Å²) in [5, 5.41) is 11.0. The molecule has 0 rings (SSSR count). The third-order valence-electron chi connectivity index (χ3n) is 2.88. The lowest BCUT2D eigenvalue weighted by molar-refractivity contribution is -0.0211. The molecule has 0 aromatic carbocycles. The van der Waals surface area contributed by atoms with Crippen LogP contribution in [0.2, 0.25) is 0 Å². The van der Waals surface area contributed by atoms with Gasteiger partial charge in [-0.1, -0.05) is 6.92 Å². The van der Waals surface area contributed by atoms with Gasteiger partial charge in [0.2, 0.25) is 0 Å². The normalized spacial score (nSPS) is 13.2. The van der Waals surface area contributed by atoms with Gasteiger partial charge < -0.3 is 19.9 Å². The first-order chi connectivity index (χ1) is 7.97. The summed E-state index contributed by atoms with van der Waals surface area (Å²) in [4.78, 5) is 11.2. The number of carbonyl (C=O) groups is 1. The molecule has 0 fully saturated rings. The number of hydrogen-bond donors (Lipinski definition) is 2. The van der Waals surface area contributed by atoms with E-state index in [1.54, 1.807) is 7.05 Å². The maximum Gasteiger partial charge on any atom is 0.407 e. The number of ether oxygens (including phenoxy) is 2. The largest absolute Gasteiger partial charge is 0.443 e. The molecule has 0 aromatic heterocycles. The van der Waals surface area contributed by atoms with Gasteiger partial charge in [-0.15, -0.1) is 0 Å². The van der Waals surface area contributed by atoms with Crippen molar-refractivity contribution >= 4 is 6.09 Å². The van der Waals surface area contributed by atoms with Crippen LogP contribution in [0.3, 0.4) is 0 Å². The van der Waals surface area contributed by atoms with Gasteiger partial charge in [0.1, 0.15) is 5.60 Å². The zero-order valence-corrected chi connectivity index (χ0v) is 11.3. The van der Waals surface area contributed by atoms with Gasteiger partial charge in [-0.2, -0.15) is 0 Å². The zero-order chi connectivity index (χ0) is 13.3. The SMILES string of the molecule is CCC(CCOCCO)C(C)(C)OC(=O)NC. The summed E-state index contributed by atoms with van der Waals surface area (Å²) in [5.74, 6) is 0.235. The quantitative estimate of drug-likeness (QED) is 0.639. The van der Waals surface area contributed by atoms with E-state index in [4.69, 9.17) is 14.6 Å². The Hall–Kier alpha value is -0.810. The number of carbonyl (C=O) groups excluding carboxylic acids is 1. The van der Waals surface area contributed by atoms with Crippen LogP contribution in [0.4, 0.5) is 4.79 Å². The van der Waals surface area contributed by atoms with Crippen LogP contribution >= 0.6 is 0 Å². The van der Waals surface area contributed by atoms with Gasteiger partial charge >= 0.3 is 6.09 Å². The maximum atomic E-state index is 11.2. The summed E-state index contributed by atoms with van der Waals surface area (Å²) >= 11 is 0. The highest BCUT2D eigenvalue weighted by molar-refractivity contribution is 5.67. The molecular weight excluding hydrogens is 222 g/mol. The molecular formula is C12H25NO4. The van der Waals surface area contributed by atoms with Crippen molar-refractivity contribution in [2.75, 3.05) is 26.9 Å². The molecule has 0 aliphatic carbocycles. The first-order valence-electron chi connectivity index (χ1n) is 6.07. The molecule has 2 N–H and O–H groups in total. The second kappa shape index (κ2) is 8.31. The van der Waals surface area contributed by atoms with Crippen molar-refractivity contribution < 1.29 is 19.4 Å². The lowest BCUT2D eigenvalue weighted by Crippen LogP contribution is -2.39. The summed E-state index contributed by atoms with van der Waals surface area (Å²) in [6.07, 6.45) is 1.30. The molecule has 5 heteroatoms. The fourth-order valence-corrected chi connectivity index (χ4v) is 1.81. The molecule has 1 unspecified atom stereocenters. The molecule has 0 bridgehead atoms. The van der Waals surface area contributed by atoms with E-state index in [1.165, 1.54) is 0 Å². The van der Waals surface area contributed by atoms with E-state index in [2.05, 4.69) is 12.2 Å². The molecule has 0 aliphatic rings. The molecule has 0 radical (unpaired) electrons. The topological polar surface area (TPSA) is 67.8 Å². The highest BCUT2D eigenvalue weighted by Gasteiger charge is 2.31. The Kier molecular flexibility index (Phi) is 7.91. The Balaban J connectivity index is 4.16. The van der Waals surface area contributed by atoms with Crippen LogP contribution in [0.1, 0.15) is 33.6 Å². The van der Waals surface area contributed by atoms with Crippen molar-refractivity contribution in [1.82, 2.24) is 5.32 Å². The third-order valence-corrected chi connectivity index (χ3v) is 2.88. The van der Waals surface area contributed by atoms with Gasteiger partial charge in [0.05, 0.1) is 13.2 Å². The molecule has 0 aliphatic heterocycles. The number of aliphatic hydroxyl groups excluding tert-OH is 1. The Morgan fingerprint density at radius 3 is 2.53 bits per heavy atom. The van der Waals surface area contributed by atoms with Gasteiger partial charge in [-0.3, -0.25) is 0 Å². The molecule has 0 spiro atoms. The van der Waals surface area contributed by atoms with Crippen molar-refractivity contribution in [2.24, 2.45) is 5.92 Å². The van der Waals surface area contributed by atoms with E-state index in [9.17, 15) is 4.79 Å². The van der Waals surface area contributed by atoms with E-state index >= 15 is 0 Å². The smallest absolute Gasteiger partial charge is 0.407 e. The zero-order valence-electron chi connectivity index (χ0n) is 11.3. The summed E-state index contributed by atoms with van der Waals surface area (Å²) in [6, 6.07) is 0. The minimum atomic E-state index is -0.516. The second-order valence-electron chi connectivity index (χ2n) is 4.47. The molecule has 1 atom stereocenters. The number of rotatable bonds is 8. The van der Waals surface area contributed by atoms with Crippen LogP contribution in [-0.4, -0.2) is 43.7 Å². The first-order valence-corrected chi connectivity index (χ1v) is 6.07. The Morgan fingerprint density at radius 1 is 1.41 bits per heavy atom. The molecule has 0 aromatic rings. The fraction of sp³-hybridized carbons (Fsp3) is 0.917. The highest BCUT2D eigenvalue weighted by Crippen LogP contribution is 2.27. The average molecular weight is 247 g/mol. The van der Waals surface area contributed by atoms with Crippen molar-refractivity contribution in [3.05, 3.63) is 0 Å². The van der Waals surface area contributed by atoms with E-state index in [-0.39, 0.29) is 12.5 Å². The minimum Gasteiger partial charge on any atom is -0.443 e. The van der Waals surface area contributed by atoms with Crippen LogP contribution < -0.4 is 5.32 Å². The van der Waals surface area contributed by atoms with E-state index in [1.807, 2.05) is 13.8 Å². The van der Waals surface area contributed by atoms with Crippen molar-refractivity contribution in [1.29, 1.82) is 0 Å². The summed E-state index contributed by atoms with van der Waals surface area (Å²) in [6.45, 7) is 6.83. The van der Waals surface area contributed by atoms with Crippen LogP contribution in [0.5, 0.6) is 0 Å². The fourth-order valence-electron chi connectivity index (χ4n) is 1.81. The lowest BCUT2D eigenvalue weighted by Gasteiger charge is -2.33. The van der Waals surface area contributed by atoms with Crippen LogP contribution in [-0.2, 0) is 9.47 Å². The van der Waals surface area contributed by atoms with Crippen molar-refractivity contribution in [3.8, 4) is 0 Å². The van der Waals surface area contributed by atoms with Gasteiger partial charge in [0.25, 0.3) is 0 Å². The molecule has 5 nitrogen and oxygen atoms in total. The van der Waals surface area contributed by atoms with Crippen LogP contribution in [0, 0.1) is 5.92 Å². The van der Waals surface area contributed by atoms with Gasteiger partial charge in [0.15, 0.2) is 0 Å². The summed E-state index contributed by atoms with van der Waals surface area (Å²) < 4.78 is 10.6. The van der Waals surface area contributed by atoms with E-state index < -0.39 is 11.7 Å². The second-order valence-corrected chi connectivity index (χ2v) is 4.47. The Labute approximate surface area is 103 Å². The number of hydrogen-bond acceptors (Lipinski definition) is 4. The third kappa shape index (κ3) is 6.48. The molecule has 0 saturated carbocycles. The lowest BCUT2D eigenvalue weighted by atomic mass is 9.86.